The van der Waals surface area contributed by atoms with Crippen molar-refractivity contribution in [3.63, 3.8) is 0 Å². The van der Waals surface area contributed by atoms with Crippen molar-refractivity contribution < 1.29 is 14.3 Å². The molecule has 1 N–H and O–H groups in total. The fraction of sp³-hybridized carbons (Fsp3) is 0.296. The molecule has 0 unspecified atom stereocenters. The Labute approximate surface area is 195 Å². The maximum Gasteiger partial charge on any atom is 0.354 e. The summed E-state index contributed by atoms with van der Waals surface area (Å²) in [5.41, 5.74) is 5.59. The Morgan fingerprint density at radius 1 is 1.06 bits per heavy atom. The van der Waals surface area contributed by atoms with E-state index in [1.54, 1.807) is 18.5 Å². The number of benzene rings is 2. The van der Waals surface area contributed by atoms with Gasteiger partial charge in [0.05, 0.1) is 13.2 Å². The van der Waals surface area contributed by atoms with Gasteiger partial charge in [-0.3, -0.25) is 4.79 Å². The van der Waals surface area contributed by atoms with E-state index in [4.69, 9.17) is 11.3 Å². The van der Waals surface area contributed by atoms with Crippen LogP contribution in [-0.4, -0.2) is 23.1 Å². The minimum Gasteiger partial charge on any atom is -0.461 e. The lowest BCUT2D eigenvalue weighted by atomic mass is 9.98. The van der Waals surface area contributed by atoms with E-state index < -0.39 is 5.97 Å². The number of ether oxygens (including phenoxy) is 1. The third-order valence-electron chi connectivity index (χ3n) is 5.60. The largest absolute Gasteiger partial charge is 0.461 e. The molecule has 2 aromatic carbocycles. The lowest BCUT2D eigenvalue weighted by Gasteiger charge is -2.13. The van der Waals surface area contributed by atoms with E-state index in [0.717, 1.165) is 28.1 Å². The molecule has 0 bridgehead atoms. The molecule has 0 aliphatic heterocycles. The highest BCUT2D eigenvalue weighted by Crippen LogP contribution is 2.40. The molecule has 6 nitrogen and oxygen atoms in total. The van der Waals surface area contributed by atoms with E-state index in [0.29, 0.717) is 23.4 Å². The number of hydrogen-bond donors (Lipinski definition) is 1. The summed E-state index contributed by atoms with van der Waals surface area (Å²) >= 11 is 0. The van der Waals surface area contributed by atoms with Gasteiger partial charge in [-0.2, -0.15) is 0 Å². The van der Waals surface area contributed by atoms with Crippen molar-refractivity contribution in [2.24, 2.45) is 13.0 Å². The summed E-state index contributed by atoms with van der Waals surface area (Å²) in [6, 6.07) is 15.3. The number of para-hydroxylation sites is 1. The van der Waals surface area contributed by atoms with Gasteiger partial charge in [-0.05, 0) is 30.5 Å². The highest BCUT2D eigenvalue weighted by molar-refractivity contribution is 6.02. The van der Waals surface area contributed by atoms with E-state index in [1.165, 1.54) is 0 Å². The summed E-state index contributed by atoms with van der Waals surface area (Å²) in [6.45, 7) is 15.5. The van der Waals surface area contributed by atoms with Gasteiger partial charge in [0.2, 0.25) is 11.6 Å². The van der Waals surface area contributed by atoms with Crippen molar-refractivity contribution in [2.75, 3.05) is 11.9 Å². The Balaban J connectivity index is 2.09. The highest BCUT2D eigenvalue weighted by atomic mass is 16.5. The third-order valence-corrected chi connectivity index (χ3v) is 5.60. The molecule has 0 saturated carbocycles. The second kappa shape index (κ2) is 10.2. The Bertz CT molecular complexity index is 1210. The van der Waals surface area contributed by atoms with Crippen LogP contribution in [0.2, 0.25) is 0 Å². The quantitative estimate of drug-likeness (QED) is 0.347. The number of anilines is 1. The first-order valence-corrected chi connectivity index (χ1v) is 11.1. The van der Waals surface area contributed by atoms with Crippen LogP contribution in [0.3, 0.4) is 0 Å². The smallest absolute Gasteiger partial charge is 0.354 e. The molecule has 33 heavy (non-hydrogen) atoms. The molecular formula is C27H29N3O3. The van der Waals surface area contributed by atoms with Crippen molar-refractivity contribution in [3.8, 4) is 22.3 Å². The maximum atomic E-state index is 12.8. The zero-order chi connectivity index (χ0) is 24.1. The number of nitrogens with zero attached hydrogens (tertiary/aromatic N) is 2. The van der Waals surface area contributed by atoms with Crippen molar-refractivity contribution >= 4 is 23.3 Å². The summed E-state index contributed by atoms with van der Waals surface area (Å²) in [6.07, 6.45) is 0.627. The molecule has 0 radical (unpaired) electrons. The van der Waals surface area contributed by atoms with Gasteiger partial charge in [0.25, 0.3) is 0 Å². The van der Waals surface area contributed by atoms with Gasteiger partial charge >= 0.3 is 5.97 Å². The average Bonchev–Trinajstić information content (AvgIpc) is 3.10. The maximum absolute atomic E-state index is 12.8. The van der Waals surface area contributed by atoms with Crippen LogP contribution in [0.25, 0.3) is 27.1 Å². The molecular weight excluding hydrogens is 414 g/mol. The molecule has 1 heterocycles. The molecule has 0 spiro atoms. The van der Waals surface area contributed by atoms with Crippen molar-refractivity contribution in [2.45, 2.75) is 34.1 Å². The van der Waals surface area contributed by atoms with Crippen molar-refractivity contribution in [3.05, 3.63) is 71.3 Å². The fourth-order valence-corrected chi connectivity index (χ4v) is 3.89. The summed E-state index contributed by atoms with van der Waals surface area (Å²) in [4.78, 5) is 28.8. The zero-order valence-electron chi connectivity index (χ0n) is 19.7. The molecule has 1 aromatic heterocycles. The predicted molar refractivity (Wildman–Crippen MR) is 131 cm³/mol. The van der Waals surface area contributed by atoms with Gasteiger partial charge in [-0.15, -0.1) is 0 Å². The molecule has 3 rings (SSSR count). The number of carbonyl (C=O) groups is 2. The number of rotatable bonds is 7. The second-order valence-electron chi connectivity index (χ2n) is 8.03. The normalized spacial score (nSPS) is 10.7. The molecule has 0 saturated heterocycles. The van der Waals surface area contributed by atoms with Crippen molar-refractivity contribution in [1.82, 2.24) is 4.57 Å². The molecule has 3 aromatic rings. The number of esters is 1. The van der Waals surface area contributed by atoms with Crippen LogP contribution >= 0.6 is 0 Å². The molecule has 170 valence electrons. The van der Waals surface area contributed by atoms with E-state index in [1.807, 2.05) is 69.3 Å². The molecule has 0 aliphatic rings. The van der Waals surface area contributed by atoms with Gasteiger partial charge in [-0.1, -0.05) is 63.2 Å². The first-order valence-electron chi connectivity index (χ1n) is 11.1. The minimum atomic E-state index is -0.439. The monoisotopic (exact) mass is 443 g/mol. The van der Waals surface area contributed by atoms with Crippen LogP contribution < -0.4 is 5.32 Å². The number of amides is 1. The van der Waals surface area contributed by atoms with E-state index in [9.17, 15) is 9.59 Å². The number of carbonyl (C=O) groups excluding carboxylic acids is 2. The van der Waals surface area contributed by atoms with Crippen LogP contribution in [-0.2, 0) is 23.0 Å². The van der Waals surface area contributed by atoms with E-state index >= 15 is 0 Å². The van der Waals surface area contributed by atoms with Crippen LogP contribution in [0.4, 0.5) is 11.4 Å². The number of aromatic nitrogens is 1. The summed E-state index contributed by atoms with van der Waals surface area (Å²) in [5.74, 6) is -0.610. The minimum absolute atomic E-state index is 0.0452. The fourth-order valence-electron chi connectivity index (χ4n) is 3.89. The standard InChI is InChI=1S/C27H29N3O3/c1-7-22-24(28-5)23(25(30(22)6)27(32)33-8-2)19-15-13-18(14-16-19)20-11-9-10-12-21(20)29-26(31)17(3)4/h9-17H,7-8H2,1-4,6H3,(H,29,31). The molecule has 0 atom stereocenters. The first kappa shape index (κ1) is 23.8. The van der Waals surface area contributed by atoms with Crippen LogP contribution in [0, 0.1) is 12.5 Å². The molecule has 6 heteroatoms. The predicted octanol–water partition coefficient (Wildman–Crippen LogP) is 6.24. The summed E-state index contributed by atoms with van der Waals surface area (Å²) in [5, 5.41) is 2.99. The number of hydrogen-bond acceptors (Lipinski definition) is 3. The summed E-state index contributed by atoms with van der Waals surface area (Å²) < 4.78 is 7.06. The van der Waals surface area contributed by atoms with Crippen LogP contribution in [0.5, 0.6) is 0 Å². The molecule has 0 aliphatic carbocycles. The Morgan fingerprint density at radius 2 is 1.70 bits per heavy atom. The number of nitrogens with one attached hydrogen (secondary N) is 1. The van der Waals surface area contributed by atoms with Gasteiger partial charge in [0, 0.05) is 35.5 Å². The van der Waals surface area contributed by atoms with Gasteiger partial charge in [-0.25, -0.2) is 9.64 Å². The third kappa shape index (κ3) is 4.68. The Kier molecular flexibility index (Phi) is 7.34. The van der Waals surface area contributed by atoms with E-state index in [2.05, 4.69) is 10.2 Å². The van der Waals surface area contributed by atoms with Crippen molar-refractivity contribution in [1.29, 1.82) is 0 Å². The Morgan fingerprint density at radius 3 is 2.27 bits per heavy atom. The Hall–Kier alpha value is -3.85. The van der Waals surface area contributed by atoms with Gasteiger partial charge in [0.15, 0.2) is 0 Å². The topological polar surface area (TPSA) is 64.7 Å². The summed E-state index contributed by atoms with van der Waals surface area (Å²) in [7, 11) is 1.80. The molecule has 0 fully saturated rings. The van der Waals surface area contributed by atoms with Gasteiger partial charge in [0.1, 0.15) is 5.69 Å². The highest BCUT2D eigenvalue weighted by Gasteiger charge is 2.27. The van der Waals surface area contributed by atoms with Gasteiger partial charge < -0.3 is 14.6 Å². The lowest BCUT2D eigenvalue weighted by Crippen LogP contribution is -2.18. The van der Waals surface area contributed by atoms with E-state index in [-0.39, 0.29) is 18.4 Å². The average molecular weight is 444 g/mol. The second-order valence-corrected chi connectivity index (χ2v) is 8.03. The lowest BCUT2D eigenvalue weighted by molar-refractivity contribution is -0.118. The zero-order valence-corrected chi connectivity index (χ0v) is 19.7. The SMILES string of the molecule is [C-]#[N+]c1c(-c2ccc(-c3ccccc3NC(=O)C(C)C)cc2)c(C(=O)OCC)n(C)c1CC. The molecule has 1 amide bonds. The van der Waals surface area contributed by atoms with Crippen LogP contribution in [0.1, 0.15) is 43.9 Å². The van der Waals surface area contributed by atoms with Crippen LogP contribution in [0.15, 0.2) is 48.5 Å². The first-order chi connectivity index (χ1) is 15.8.